The summed E-state index contributed by atoms with van der Waals surface area (Å²) in [5, 5.41) is 6.91. The Balaban J connectivity index is 1.85. The van der Waals surface area contributed by atoms with Crippen LogP contribution in [0.25, 0.3) is 0 Å². The lowest BCUT2D eigenvalue weighted by Crippen LogP contribution is -2.46. The molecule has 5 heteroatoms. The van der Waals surface area contributed by atoms with E-state index in [2.05, 4.69) is 34.5 Å². The van der Waals surface area contributed by atoms with Gasteiger partial charge in [-0.2, -0.15) is 0 Å². The summed E-state index contributed by atoms with van der Waals surface area (Å²) < 4.78 is 0. The molecule has 1 aliphatic carbocycles. The van der Waals surface area contributed by atoms with Crippen molar-refractivity contribution in [2.75, 3.05) is 32.6 Å². The molecule has 0 unspecified atom stereocenters. The quantitative estimate of drug-likeness (QED) is 0.596. The monoisotopic (exact) mass is 331 g/mol. The van der Waals surface area contributed by atoms with E-state index in [0.717, 1.165) is 29.9 Å². The van der Waals surface area contributed by atoms with E-state index in [4.69, 9.17) is 0 Å². The maximum atomic E-state index is 4.63. The van der Waals surface area contributed by atoms with Crippen LogP contribution in [0.5, 0.6) is 0 Å². The molecule has 1 heterocycles. The van der Waals surface area contributed by atoms with Crippen molar-refractivity contribution in [1.82, 2.24) is 15.6 Å². The summed E-state index contributed by atoms with van der Waals surface area (Å²) in [5.74, 6) is 2.59. The fourth-order valence-electron chi connectivity index (χ4n) is 3.48. The van der Waals surface area contributed by atoms with Crippen LogP contribution in [0.3, 0.4) is 0 Å². The zero-order valence-electron chi connectivity index (χ0n) is 15.9. The maximum absolute atomic E-state index is 4.63. The summed E-state index contributed by atoms with van der Waals surface area (Å²) in [4.78, 5) is 11.0. The van der Waals surface area contributed by atoms with Crippen molar-refractivity contribution in [2.45, 2.75) is 46.1 Å². The number of pyridine rings is 1. The van der Waals surface area contributed by atoms with Gasteiger partial charge in [-0.1, -0.05) is 26.3 Å². The molecular formula is C19H33N5. The minimum Gasteiger partial charge on any atom is -0.363 e. The van der Waals surface area contributed by atoms with Gasteiger partial charge in [0.05, 0.1) is 12.2 Å². The molecule has 0 radical (unpaired) electrons. The van der Waals surface area contributed by atoms with Crippen LogP contribution in [0.2, 0.25) is 0 Å². The van der Waals surface area contributed by atoms with Gasteiger partial charge in [-0.05, 0) is 42.7 Å². The maximum Gasteiger partial charge on any atom is 0.191 e. The van der Waals surface area contributed by atoms with Crippen molar-refractivity contribution in [2.24, 2.45) is 16.3 Å². The van der Waals surface area contributed by atoms with Crippen LogP contribution in [0.15, 0.2) is 23.2 Å². The predicted molar refractivity (Wildman–Crippen MR) is 103 cm³/mol. The van der Waals surface area contributed by atoms with Crippen molar-refractivity contribution in [3.63, 3.8) is 0 Å². The Hall–Kier alpha value is -1.78. The van der Waals surface area contributed by atoms with Crippen LogP contribution in [0.4, 0.5) is 5.82 Å². The van der Waals surface area contributed by atoms with E-state index in [1.807, 2.05) is 44.2 Å². The number of nitrogens with zero attached hydrogens (tertiary/aromatic N) is 3. The summed E-state index contributed by atoms with van der Waals surface area (Å²) in [6.45, 7) is 6.32. The van der Waals surface area contributed by atoms with Crippen LogP contribution < -0.4 is 15.5 Å². The van der Waals surface area contributed by atoms with E-state index in [0.29, 0.717) is 12.0 Å². The predicted octanol–water partition coefficient (Wildman–Crippen LogP) is 3.03. The minimum absolute atomic E-state index is 0.467. The van der Waals surface area contributed by atoms with Crippen molar-refractivity contribution < 1.29 is 0 Å². The third-order valence-electron chi connectivity index (χ3n) is 4.80. The molecule has 2 rings (SSSR count). The van der Waals surface area contributed by atoms with Crippen LogP contribution in [-0.2, 0) is 6.54 Å². The molecule has 1 aromatic heterocycles. The Morgan fingerprint density at radius 2 is 2.04 bits per heavy atom. The largest absolute Gasteiger partial charge is 0.363 e. The highest BCUT2D eigenvalue weighted by Crippen LogP contribution is 2.45. The molecule has 0 saturated heterocycles. The Morgan fingerprint density at radius 3 is 2.58 bits per heavy atom. The second kappa shape index (κ2) is 8.36. The van der Waals surface area contributed by atoms with E-state index in [-0.39, 0.29) is 0 Å². The molecule has 5 nitrogen and oxygen atoms in total. The zero-order chi connectivity index (χ0) is 17.6. The molecule has 134 valence electrons. The first-order valence-electron chi connectivity index (χ1n) is 9.02. The summed E-state index contributed by atoms with van der Waals surface area (Å²) in [7, 11) is 5.84. The lowest BCUT2D eigenvalue weighted by Gasteiger charge is -2.43. The number of anilines is 1. The lowest BCUT2D eigenvalue weighted by molar-refractivity contribution is 0.104. The van der Waals surface area contributed by atoms with Crippen molar-refractivity contribution in [3.8, 4) is 0 Å². The molecule has 24 heavy (non-hydrogen) atoms. The zero-order valence-corrected chi connectivity index (χ0v) is 15.9. The Kier molecular flexibility index (Phi) is 6.46. The third-order valence-corrected chi connectivity index (χ3v) is 4.80. The van der Waals surface area contributed by atoms with Gasteiger partial charge in [0.1, 0.15) is 5.82 Å². The summed E-state index contributed by atoms with van der Waals surface area (Å²) in [6.07, 6.45) is 5.33. The van der Waals surface area contributed by atoms with E-state index < -0.39 is 0 Å². The molecule has 0 amide bonds. The first kappa shape index (κ1) is 18.6. The van der Waals surface area contributed by atoms with E-state index >= 15 is 0 Å². The van der Waals surface area contributed by atoms with Gasteiger partial charge in [-0.25, -0.2) is 4.98 Å². The van der Waals surface area contributed by atoms with Crippen molar-refractivity contribution in [1.29, 1.82) is 0 Å². The second-order valence-electron chi connectivity index (χ2n) is 7.61. The van der Waals surface area contributed by atoms with Crippen molar-refractivity contribution >= 4 is 11.8 Å². The van der Waals surface area contributed by atoms with Gasteiger partial charge in [0.25, 0.3) is 0 Å². The third kappa shape index (κ3) is 5.11. The fourth-order valence-corrected chi connectivity index (χ4v) is 3.48. The average molecular weight is 332 g/mol. The molecule has 0 bridgehead atoms. The average Bonchev–Trinajstić information content (AvgIpc) is 2.52. The minimum atomic E-state index is 0.467. The molecule has 0 spiro atoms. The SMILES string of the molecule is CN=C(NCc1cccc(N(C)C)n1)NCC1(CC(C)C)CCC1. The van der Waals surface area contributed by atoms with Crippen LogP contribution in [-0.4, -0.2) is 38.6 Å². The fraction of sp³-hybridized carbons (Fsp3) is 0.684. The topological polar surface area (TPSA) is 52.6 Å². The summed E-state index contributed by atoms with van der Waals surface area (Å²) >= 11 is 0. The number of rotatable bonds is 7. The van der Waals surface area contributed by atoms with E-state index in [1.165, 1.54) is 25.7 Å². The van der Waals surface area contributed by atoms with Gasteiger partial charge in [0, 0.05) is 27.7 Å². The highest BCUT2D eigenvalue weighted by molar-refractivity contribution is 5.79. The van der Waals surface area contributed by atoms with Crippen molar-refractivity contribution in [3.05, 3.63) is 23.9 Å². The first-order valence-corrected chi connectivity index (χ1v) is 9.02. The molecule has 1 aromatic rings. The van der Waals surface area contributed by atoms with Gasteiger partial charge in [-0.3, -0.25) is 4.99 Å². The molecule has 1 fully saturated rings. The van der Waals surface area contributed by atoms with Gasteiger partial charge in [0.2, 0.25) is 0 Å². The number of hydrogen-bond acceptors (Lipinski definition) is 3. The van der Waals surface area contributed by atoms with Gasteiger partial charge in [0.15, 0.2) is 5.96 Å². The normalized spacial score (nSPS) is 16.7. The molecule has 0 atom stereocenters. The van der Waals surface area contributed by atoms with E-state index in [1.54, 1.807) is 0 Å². The number of nitrogens with one attached hydrogen (secondary N) is 2. The number of guanidine groups is 1. The van der Waals surface area contributed by atoms with Gasteiger partial charge < -0.3 is 15.5 Å². The molecule has 0 aromatic carbocycles. The van der Waals surface area contributed by atoms with Gasteiger partial charge in [-0.15, -0.1) is 0 Å². The number of hydrogen-bond donors (Lipinski definition) is 2. The molecular weight excluding hydrogens is 298 g/mol. The molecule has 1 aliphatic rings. The van der Waals surface area contributed by atoms with Crippen LogP contribution in [0, 0.1) is 11.3 Å². The van der Waals surface area contributed by atoms with Gasteiger partial charge >= 0.3 is 0 Å². The second-order valence-corrected chi connectivity index (χ2v) is 7.61. The number of aliphatic imine (C=N–C) groups is 1. The Morgan fingerprint density at radius 1 is 1.29 bits per heavy atom. The van der Waals surface area contributed by atoms with Crippen LogP contribution >= 0.6 is 0 Å². The highest BCUT2D eigenvalue weighted by atomic mass is 15.2. The standard InChI is InChI=1S/C19H33N5/c1-15(2)12-19(10-7-11-19)14-22-18(20-3)21-13-16-8-6-9-17(23-16)24(4)5/h6,8-9,15H,7,10-14H2,1-5H3,(H2,20,21,22). The molecule has 1 saturated carbocycles. The lowest BCUT2D eigenvalue weighted by atomic mass is 9.64. The van der Waals surface area contributed by atoms with E-state index in [9.17, 15) is 0 Å². The highest BCUT2D eigenvalue weighted by Gasteiger charge is 2.37. The number of aromatic nitrogens is 1. The smallest absolute Gasteiger partial charge is 0.191 e. The molecule has 2 N–H and O–H groups in total. The summed E-state index contributed by atoms with van der Waals surface area (Å²) in [5.41, 5.74) is 1.49. The van der Waals surface area contributed by atoms with Crippen LogP contribution in [0.1, 0.15) is 45.2 Å². The molecule has 0 aliphatic heterocycles. The first-order chi connectivity index (χ1) is 11.4. The summed E-state index contributed by atoms with van der Waals surface area (Å²) in [6, 6.07) is 6.10. The Labute approximate surface area is 147 Å². The Bertz CT molecular complexity index is 546.